The van der Waals surface area contributed by atoms with Crippen LogP contribution in [0.4, 0.5) is 0 Å². The minimum Gasteiger partial charge on any atom is -0.338 e. The summed E-state index contributed by atoms with van der Waals surface area (Å²) >= 11 is 1.72. The topological polar surface area (TPSA) is 51.0 Å². The molecule has 1 saturated carbocycles. The molecule has 1 aliphatic rings. The lowest BCUT2D eigenvalue weighted by Crippen LogP contribution is -2.16. The number of nitrogens with zero attached hydrogens (tertiary/aromatic N) is 2. The van der Waals surface area contributed by atoms with Crippen molar-refractivity contribution in [2.45, 2.75) is 24.3 Å². The van der Waals surface area contributed by atoms with E-state index in [1.807, 2.05) is 12.1 Å². The highest BCUT2D eigenvalue weighted by Crippen LogP contribution is 2.27. The summed E-state index contributed by atoms with van der Waals surface area (Å²) in [6.07, 6.45) is 4.76. The molecule has 0 atom stereocenters. The standard InChI is InChI=1S/C14H17N3OS/c1-19-12-6-4-11(5-7-12)14-16-13(18-17-14)9-15-8-10-2-3-10/h4-7,10,15H,2-3,8-9H2,1H3. The van der Waals surface area contributed by atoms with E-state index in [0.29, 0.717) is 18.3 Å². The summed E-state index contributed by atoms with van der Waals surface area (Å²) in [7, 11) is 0. The Balaban J connectivity index is 1.61. The fraction of sp³-hybridized carbons (Fsp3) is 0.429. The van der Waals surface area contributed by atoms with Crippen LogP contribution in [-0.2, 0) is 6.54 Å². The normalized spacial score (nSPS) is 14.8. The van der Waals surface area contributed by atoms with E-state index in [1.165, 1.54) is 17.7 Å². The molecule has 1 aromatic heterocycles. The van der Waals surface area contributed by atoms with E-state index in [-0.39, 0.29) is 0 Å². The SMILES string of the molecule is CSc1ccc(-c2noc(CNCC3CC3)n2)cc1. The third-order valence-electron chi connectivity index (χ3n) is 3.22. The molecular weight excluding hydrogens is 258 g/mol. The van der Waals surface area contributed by atoms with Crippen molar-refractivity contribution in [3.05, 3.63) is 30.2 Å². The van der Waals surface area contributed by atoms with E-state index < -0.39 is 0 Å². The molecule has 0 radical (unpaired) electrons. The Bertz CT molecular complexity index is 534. The number of thioether (sulfide) groups is 1. The van der Waals surface area contributed by atoms with Crippen LogP contribution in [-0.4, -0.2) is 22.9 Å². The van der Waals surface area contributed by atoms with Crippen molar-refractivity contribution in [2.24, 2.45) is 5.92 Å². The van der Waals surface area contributed by atoms with Gasteiger partial charge in [-0.1, -0.05) is 5.16 Å². The molecule has 0 unspecified atom stereocenters. The number of rotatable bonds is 6. The molecule has 100 valence electrons. The molecule has 0 bridgehead atoms. The van der Waals surface area contributed by atoms with Gasteiger partial charge in [0, 0.05) is 10.5 Å². The number of nitrogens with one attached hydrogen (secondary N) is 1. The van der Waals surface area contributed by atoms with Crippen LogP contribution >= 0.6 is 11.8 Å². The highest BCUT2D eigenvalue weighted by Gasteiger charge is 2.20. The molecule has 0 aliphatic heterocycles. The summed E-state index contributed by atoms with van der Waals surface area (Å²) in [5.41, 5.74) is 0.995. The van der Waals surface area contributed by atoms with Crippen LogP contribution in [0.5, 0.6) is 0 Å². The van der Waals surface area contributed by atoms with E-state index in [4.69, 9.17) is 4.52 Å². The third-order valence-corrected chi connectivity index (χ3v) is 3.97. The monoisotopic (exact) mass is 275 g/mol. The molecular formula is C14H17N3OS. The van der Waals surface area contributed by atoms with Crippen molar-refractivity contribution in [1.29, 1.82) is 0 Å². The van der Waals surface area contributed by atoms with Crippen LogP contribution < -0.4 is 5.32 Å². The lowest BCUT2D eigenvalue weighted by Gasteiger charge is -1.98. The summed E-state index contributed by atoms with van der Waals surface area (Å²) in [4.78, 5) is 5.64. The lowest BCUT2D eigenvalue weighted by atomic mass is 10.2. The molecule has 1 aromatic carbocycles. The minimum atomic E-state index is 0.657. The molecule has 1 fully saturated rings. The van der Waals surface area contributed by atoms with Gasteiger partial charge < -0.3 is 9.84 Å². The van der Waals surface area contributed by atoms with Gasteiger partial charge in [0.25, 0.3) is 0 Å². The largest absolute Gasteiger partial charge is 0.338 e. The number of benzene rings is 1. The Morgan fingerprint density at radius 1 is 1.32 bits per heavy atom. The van der Waals surface area contributed by atoms with E-state index in [2.05, 4.69) is 33.8 Å². The Morgan fingerprint density at radius 2 is 2.11 bits per heavy atom. The summed E-state index contributed by atoms with van der Waals surface area (Å²) < 4.78 is 5.25. The molecule has 1 N–H and O–H groups in total. The highest BCUT2D eigenvalue weighted by atomic mass is 32.2. The molecule has 3 rings (SSSR count). The molecule has 1 heterocycles. The van der Waals surface area contributed by atoms with Crippen LogP contribution in [0.1, 0.15) is 18.7 Å². The quantitative estimate of drug-likeness (QED) is 0.821. The third kappa shape index (κ3) is 3.36. The smallest absolute Gasteiger partial charge is 0.240 e. The van der Waals surface area contributed by atoms with Crippen molar-refractivity contribution >= 4 is 11.8 Å². The Morgan fingerprint density at radius 3 is 2.79 bits per heavy atom. The second-order valence-corrected chi connectivity index (χ2v) is 5.69. The molecule has 0 amide bonds. The van der Waals surface area contributed by atoms with Crippen LogP contribution in [0.2, 0.25) is 0 Å². The van der Waals surface area contributed by atoms with E-state index in [9.17, 15) is 0 Å². The van der Waals surface area contributed by atoms with Gasteiger partial charge >= 0.3 is 0 Å². The number of hydrogen-bond donors (Lipinski definition) is 1. The van der Waals surface area contributed by atoms with Gasteiger partial charge in [-0.25, -0.2) is 0 Å². The van der Waals surface area contributed by atoms with Crippen molar-refractivity contribution in [3.8, 4) is 11.4 Å². The van der Waals surface area contributed by atoms with Crippen LogP contribution in [0, 0.1) is 5.92 Å². The Kier molecular flexibility index (Phi) is 3.84. The van der Waals surface area contributed by atoms with Crippen molar-refractivity contribution < 1.29 is 4.52 Å². The van der Waals surface area contributed by atoms with Gasteiger partial charge in [0.05, 0.1) is 6.54 Å². The van der Waals surface area contributed by atoms with Gasteiger partial charge in [0.1, 0.15) is 0 Å². The average Bonchev–Trinajstić information content (AvgIpc) is 3.15. The average molecular weight is 275 g/mol. The van der Waals surface area contributed by atoms with Crippen molar-refractivity contribution in [2.75, 3.05) is 12.8 Å². The maximum Gasteiger partial charge on any atom is 0.240 e. The summed E-state index contributed by atoms with van der Waals surface area (Å²) in [5, 5.41) is 7.37. The number of aromatic nitrogens is 2. The van der Waals surface area contributed by atoms with Crippen molar-refractivity contribution in [3.63, 3.8) is 0 Å². The van der Waals surface area contributed by atoms with E-state index in [1.54, 1.807) is 11.8 Å². The summed E-state index contributed by atoms with van der Waals surface area (Å²) in [5.74, 6) is 2.18. The first kappa shape index (κ1) is 12.7. The molecule has 2 aromatic rings. The van der Waals surface area contributed by atoms with Crippen LogP contribution in [0.15, 0.2) is 33.7 Å². The first-order valence-electron chi connectivity index (χ1n) is 6.53. The predicted molar refractivity (Wildman–Crippen MR) is 75.9 cm³/mol. The molecule has 0 saturated heterocycles. The maximum atomic E-state index is 5.25. The van der Waals surface area contributed by atoms with Gasteiger partial charge in [0.2, 0.25) is 11.7 Å². The maximum absolute atomic E-state index is 5.25. The molecule has 4 nitrogen and oxygen atoms in total. The highest BCUT2D eigenvalue weighted by molar-refractivity contribution is 7.98. The van der Waals surface area contributed by atoms with Gasteiger partial charge in [-0.2, -0.15) is 4.98 Å². The first-order chi connectivity index (χ1) is 9.35. The fourth-order valence-corrected chi connectivity index (χ4v) is 2.30. The lowest BCUT2D eigenvalue weighted by molar-refractivity contribution is 0.367. The van der Waals surface area contributed by atoms with Crippen LogP contribution in [0.3, 0.4) is 0 Å². The minimum absolute atomic E-state index is 0.657. The van der Waals surface area contributed by atoms with Gasteiger partial charge in [-0.3, -0.25) is 0 Å². The van der Waals surface area contributed by atoms with Crippen LogP contribution in [0.25, 0.3) is 11.4 Å². The van der Waals surface area contributed by atoms with Gasteiger partial charge in [0.15, 0.2) is 0 Å². The zero-order valence-corrected chi connectivity index (χ0v) is 11.7. The predicted octanol–water partition coefficient (Wildman–Crippen LogP) is 2.96. The zero-order valence-electron chi connectivity index (χ0n) is 10.9. The molecule has 0 spiro atoms. The summed E-state index contributed by atoms with van der Waals surface area (Å²) in [6, 6.07) is 8.19. The second-order valence-electron chi connectivity index (χ2n) is 4.81. The fourth-order valence-electron chi connectivity index (χ4n) is 1.89. The van der Waals surface area contributed by atoms with Gasteiger partial charge in [-0.15, -0.1) is 11.8 Å². The summed E-state index contributed by atoms with van der Waals surface area (Å²) in [6.45, 7) is 1.71. The molecule has 19 heavy (non-hydrogen) atoms. The number of hydrogen-bond acceptors (Lipinski definition) is 5. The van der Waals surface area contributed by atoms with E-state index in [0.717, 1.165) is 18.0 Å². The first-order valence-corrected chi connectivity index (χ1v) is 7.75. The van der Waals surface area contributed by atoms with Gasteiger partial charge in [-0.05, 0) is 55.8 Å². The molecule has 1 aliphatic carbocycles. The Labute approximate surface area is 117 Å². The van der Waals surface area contributed by atoms with Crippen molar-refractivity contribution in [1.82, 2.24) is 15.5 Å². The Hall–Kier alpha value is -1.33. The van der Waals surface area contributed by atoms with E-state index >= 15 is 0 Å². The second kappa shape index (κ2) is 5.75. The molecule has 5 heteroatoms. The zero-order chi connectivity index (χ0) is 13.1.